The van der Waals surface area contributed by atoms with Crippen molar-refractivity contribution in [1.29, 1.82) is 0 Å². The van der Waals surface area contributed by atoms with Crippen LogP contribution in [0.3, 0.4) is 0 Å². The van der Waals surface area contributed by atoms with E-state index in [1.807, 2.05) is 0 Å². The smallest absolute Gasteiger partial charge is 0.214 e. The highest BCUT2D eigenvalue weighted by Gasteiger charge is 2.20. The fourth-order valence-electron chi connectivity index (χ4n) is 2.03. The second-order valence-corrected chi connectivity index (χ2v) is 7.32. The van der Waals surface area contributed by atoms with Gasteiger partial charge in [0.05, 0.1) is 0 Å². The molecule has 1 N–H and O–H groups in total. The van der Waals surface area contributed by atoms with Crippen LogP contribution >= 0.6 is 15.9 Å². The molecule has 2 unspecified atom stereocenters. The molecule has 1 rings (SSSR count). The minimum absolute atomic E-state index is 0.00226. The maximum absolute atomic E-state index is 11.2. The summed E-state index contributed by atoms with van der Waals surface area (Å²) in [5, 5.41) is 0. The van der Waals surface area contributed by atoms with Crippen LogP contribution in [0.1, 0.15) is 32.6 Å². The maximum atomic E-state index is 11.2. The fraction of sp³-hybridized carbons (Fsp3) is 1.00. The van der Waals surface area contributed by atoms with Crippen LogP contribution in [0.5, 0.6) is 0 Å². The molecule has 0 aliphatic heterocycles. The molecule has 0 spiro atoms. The van der Waals surface area contributed by atoms with Gasteiger partial charge in [-0.3, -0.25) is 0 Å². The summed E-state index contributed by atoms with van der Waals surface area (Å²) in [6, 6.07) is 0. The number of halogens is 1. The van der Waals surface area contributed by atoms with Gasteiger partial charge in [0, 0.05) is 6.54 Å². The summed E-state index contributed by atoms with van der Waals surface area (Å²) < 4.78 is 25.0. The molecule has 84 valence electrons. The van der Waals surface area contributed by atoms with E-state index >= 15 is 0 Å². The Bertz CT molecular complexity index is 266. The van der Waals surface area contributed by atoms with Gasteiger partial charge in [-0.05, 0) is 24.7 Å². The van der Waals surface area contributed by atoms with Crippen molar-refractivity contribution in [3.8, 4) is 0 Å². The van der Waals surface area contributed by atoms with Crippen molar-refractivity contribution in [3.63, 3.8) is 0 Å². The molecule has 5 heteroatoms. The zero-order valence-corrected chi connectivity index (χ0v) is 10.9. The van der Waals surface area contributed by atoms with Crippen LogP contribution in [0.15, 0.2) is 0 Å². The van der Waals surface area contributed by atoms with Crippen molar-refractivity contribution in [2.45, 2.75) is 32.6 Å². The minimum Gasteiger partial charge on any atom is -0.214 e. The molecule has 0 heterocycles. The summed E-state index contributed by atoms with van der Waals surface area (Å²) in [5.74, 6) is 1.29. The minimum atomic E-state index is -3.07. The van der Waals surface area contributed by atoms with Gasteiger partial charge in [-0.25, -0.2) is 13.1 Å². The predicted molar refractivity (Wildman–Crippen MR) is 61.8 cm³/mol. The number of sulfonamides is 1. The number of alkyl halides is 1. The number of rotatable bonds is 4. The molecule has 0 radical (unpaired) electrons. The van der Waals surface area contributed by atoms with E-state index in [9.17, 15) is 8.42 Å². The van der Waals surface area contributed by atoms with Crippen molar-refractivity contribution >= 4 is 26.0 Å². The van der Waals surface area contributed by atoms with Crippen LogP contribution in [-0.2, 0) is 10.0 Å². The molecule has 14 heavy (non-hydrogen) atoms. The average molecular weight is 284 g/mol. The Labute approximate surface area is 94.8 Å². The van der Waals surface area contributed by atoms with E-state index in [2.05, 4.69) is 27.6 Å². The first-order valence-corrected chi connectivity index (χ1v) is 7.84. The first-order valence-electron chi connectivity index (χ1n) is 5.07. The first kappa shape index (κ1) is 12.5. The first-order chi connectivity index (χ1) is 6.53. The molecule has 1 aliphatic carbocycles. The van der Waals surface area contributed by atoms with Crippen molar-refractivity contribution < 1.29 is 8.42 Å². The van der Waals surface area contributed by atoms with Crippen molar-refractivity contribution in [2.24, 2.45) is 11.8 Å². The van der Waals surface area contributed by atoms with Crippen LogP contribution in [0.4, 0.5) is 0 Å². The lowest BCUT2D eigenvalue weighted by Gasteiger charge is -2.26. The van der Waals surface area contributed by atoms with Crippen molar-refractivity contribution in [1.82, 2.24) is 4.72 Å². The van der Waals surface area contributed by atoms with Crippen LogP contribution in [-0.4, -0.2) is 19.6 Å². The summed E-state index contributed by atoms with van der Waals surface area (Å²) >= 11 is 2.96. The number of hydrogen-bond acceptors (Lipinski definition) is 2. The molecule has 0 saturated heterocycles. The predicted octanol–water partition coefficient (Wildman–Crippen LogP) is 2.08. The van der Waals surface area contributed by atoms with E-state index in [1.165, 1.54) is 12.8 Å². The Balaban J connectivity index is 2.31. The van der Waals surface area contributed by atoms with Gasteiger partial charge in [-0.2, -0.15) is 0 Å². The lowest BCUT2D eigenvalue weighted by atomic mass is 9.83. The third kappa shape index (κ3) is 4.28. The SMILES string of the molecule is CC1CCCC(CNS(=O)(=O)CBr)C1. The van der Waals surface area contributed by atoms with Gasteiger partial charge in [-0.15, -0.1) is 0 Å². The normalized spacial score (nSPS) is 29.0. The lowest BCUT2D eigenvalue weighted by Crippen LogP contribution is -2.31. The van der Waals surface area contributed by atoms with E-state index in [0.717, 1.165) is 18.8 Å². The van der Waals surface area contributed by atoms with E-state index in [0.29, 0.717) is 12.5 Å². The third-order valence-corrected chi connectivity index (χ3v) is 5.48. The Morgan fingerprint density at radius 1 is 1.43 bits per heavy atom. The molecule has 0 aromatic rings. The molecule has 1 fully saturated rings. The van der Waals surface area contributed by atoms with Crippen molar-refractivity contribution in [2.75, 3.05) is 11.2 Å². The van der Waals surface area contributed by atoms with Gasteiger partial charge in [0.2, 0.25) is 10.0 Å². The third-order valence-electron chi connectivity index (χ3n) is 2.78. The Morgan fingerprint density at radius 3 is 2.71 bits per heavy atom. The zero-order valence-electron chi connectivity index (χ0n) is 8.50. The molecular weight excluding hydrogens is 266 g/mol. The van der Waals surface area contributed by atoms with Gasteiger partial charge in [0.15, 0.2) is 0 Å². The molecule has 0 bridgehead atoms. The van der Waals surface area contributed by atoms with Crippen LogP contribution in [0.2, 0.25) is 0 Å². The summed E-state index contributed by atoms with van der Waals surface area (Å²) in [4.78, 5) is 0. The molecule has 2 atom stereocenters. The topological polar surface area (TPSA) is 46.2 Å². The second-order valence-electron chi connectivity index (χ2n) is 4.21. The number of nitrogens with one attached hydrogen (secondary N) is 1. The van der Waals surface area contributed by atoms with Gasteiger partial charge in [-0.1, -0.05) is 35.7 Å². The lowest BCUT2D eigenvalue weighted by molar-refractivity contribution is 0.283. The molecule has 1 aliphatic rings. The van der Waals surface area contributed by atoms with E-state index in [-0.39, 0.29) is 4.66 Å². The quantitative estimate of drug-likeness (QED) is 0.803. The van der Waals surface area contributed by atoms with Crippen LogP contribution in [0, 0.1) is 11.8 Å². The molecule has 3 nitrogen and oxygen atoms in total. The fourth-order valence-corrected chi connectivity index (χ4v) is 3.08. The molecule has 0 aromatic heterocycles. The van der Waals surface area contributed by atoms with Gasteiger partial charge < -0.3 is 0 Å². The Hall–Kier alpha value is 0.390. The molecule has 0 aromatic carbocycles. The summed E-state index contributed by atoms with van der Waals surface area (Å²) in [7, 11) is -3.07. The molecule has 1 saturated carbocycles. The van der Waals surface area contributed by atoms with E-state index < -0.39 is 10.0 Å². The standard InChI is InChI=1S/C9H18BrNO2S/c1-8-3-2-4-9(5-8)6-11-14(12,13)7-10/h8-9,11H,2-7H2,1H3. The summed E-state index contributed by atoms with van der Waals surface area (Å²) in [5.41, 5.74) is 0. The second kappa shape index (κ2) is 5.47. The monoisotopic (exact) mass is 283 g/mol. The van der Waals surface area contributed by atoms with Crippen LogP contribution < -0.4 is 4.72 Å². The highest BCUT2D eigenvalue weighted by atomic mass is 79.9. The largest absolute Gasteiger partial charge is 0.221 e. The van der Waals surface area contributed by atoms with Crippen LogP contribution in [0.25, 0.3) is 0 Å². The van der Waals surface area contributed by atoms with Gasteiger partial charge >= 0.3 is 0 Å². The maximum Gasteiger partial charge on any atom is 0.221 e. The average Bonchev–Trinajstić information content (AvgIpc) is 2.15. The van der Waals surface area contributed by atoms with E-state index in [4.69, 9.17) is 0 Å². The van der Waals surface area contributed by atoms with Gasteiger partial charge in [0.25, 0.3) is 0 Å². The van der Waals surface area contributed by atoms with Crippen molar-refractivity contribution in [3.05, 3.63) is 0 Å². The van der Waals surface area contributed by atoms with E-state index in [1.54, 1.807) is 0 Å². The summed E-state index contributed by atoms with van der Waals surface area (Å²) in [6.45, 7) is 2.85. The number of hydrogen-bond donors (Lipinski definition) is 1. The molecule has 0 amide bonds. The van der Waals surface area contributed by atoms with Gasteiger partial charge in [0.1, 0.15) is 4.66 Å². The molecular formula is C9H18BrNO2S. The highest BCUT2D eigenvalue weighted by molar-refractivity contribution is 9.10. The highest BCUT2D eigenvalue weighted by Crippen LogP contribution is 2.27. The zero-order chi connectivity index (χ0) is 10.6. The Kier molecular flexibility index (Phi) is 4.87. The Morgan fingerprint density at radius 2 is 2.14 bits per heavy atom. The summed E-state index contributed by atoms with van der Waals surface area (Å²) in [6.07, 6.45) is 4.85.